The maximum atomic E-state index is 13.4. The predicted octanol–water partition coefficient (Wildman–Crippen LogP) is 3.38. The van der Waals surface area contributed by atoms with Crippen molar-refractivity contribution in [3.05, 3.63) is 47.6 Å². The summed E-state index contributed by atoms with van der Waals surface area (Å²) in [6, 6.07) is 8.53. The lowest BCUT2D eigenvalue weighted by Crippen LogP contribution is -2.35. The van der Waals surface area contributed by atoms with Gasteiger partial charge in [-0.05, 0) is 23.6 Å². The zero-order valence-electron chi connectivity index (χ0n) is 12.6. The number of rotatable bonds is 5. The zero-order valence-corrected chi connectivity index (χ0v) is 14.2. The van der Waals surface area contributed by atoms with Crippen molar-refractivity contribution < 1.29 is 18.4 Å². The number of carbonyl (C=O) groups excluding carboxylic acids is 2. The number of hydrogen-bond donors (Lipinski definition) is 2. The van der Waals surface area contributed by atoms with Crippen molar-refractivity contribution in [2.75, 3.05) is 11.1 Å². The molecule has 1 aromatic carbocycles. The van der Waals surface area contributed by atoms with Crippen LogP contribution >= 0.6 is 23.1 Å². The molecule has 3 rings (SSSR count). The van der Waals surface area contributed by atoms with E-state index in [1.54, 1.807) is 6.07 Å². The molecule has 0 aliphatic carbocycles. The highest BCUT2D eigenvalue weighted by Gasteiger charge is 2.14. The van der Waals surface area contributed by atoms with E-state index in [4.69, 9.17) is 4.42 Å². The molecular weight excluding hydrogens is 367 g/mol. The highest BCUT2D eigenvalue weighted by atomic mass is 32.2. The van der Waals surface area contributed by atoms with Crippen molar-refractivity contribution >= 4 is 40.7 Å². The lowest BCUT2D eigenvalue weighted by atomic mass is 10.3. The quantitative estimate of drug-likeness (QED) is 0.661. The number of urea groups is 1. The van der Waals surface area contributed by atoms with Crippen LogP contribution < -0.4 is 10.6 Å². The van der Waals surface area contributed by atoms with E-state index in [1.807, 2.05) is 17.5 Å². The van der Waals surface area contributed by atoms with Gasteiger partial charge in [-0.2, -0.15) is 0 Å². The van der Waals surface area contributed by atoms with E-state index >= 15 is 0 Å². The Morgan fingerprint density at radius 1 is 1.20 bits per heavy atom. The van der Waals surface area contributed by atoms with Crippen LogP contribution in [0.2, 0.25) is 0 Å². The number of nitrogens with zero attached hydrogens (tertiary/aromatic N) is 2. The number of hydrogen-bond acceptors (Lipinski definition) is 7. The van der Waals surface area contributed by atoms with Gasteiger partial charge in [-0.1, -0.05) is 30.0 Å². The number of imide groups is 1. The van der Waals surface area contributed by atoms with Gasteiger partial charge >= 0.3 is 6.03 Å². The fraction of sp³-hybridized carbons (Fsp3) is 0.0667. The van der Waals surface area contributed by atoms with Crippen molar-refractivity contribution in [3.63, 3.8) is 0 Å². The Kier molecular flexibility index (Phi) is 5.41. The van der Waals surface area contributed by atoms with Gasteiger partial charge in [0.05, 0.1) is 16.3 Å². The predicted molar refractivity (Wildman–Crippen MR) is 91.9 cm³/mol. The third kappa shape index (κ3) is 4.64. The summed E-state index contributed by atoms with van der Waals surface area (Å²) in [5, 5.41) is 14.2. The van der Waals surface area contributed by atoms with Crippen LogP contribution in [0.25, 0.3) is 10.8 Å². The molecule has 3 aromatic rings. The fourth-order valence-electron chi connectivity index (χ4n) is 1.77. The minimum atomic E-state index is -0.819. The van der Waals surface area contributed by atoms with Crippen LogP contribution in [0, 0.1) is 5.82 Å². The number of nitrogens with one attached hydrogen (secondary N) is 2. The van der Waals surface area contributed by atoms with E-state index in [2.05, 4.69) is 20.8 Å². The molecule has 2 N–H and O–H groups in total. The summed E-state index contributed by atoms with van der Waals surface area (Å²) in [6.07, 6.45) is 0. The number of carbonyl (C=O) groups is 2. The first-order valence-corrected chi connectivity index (χ1v) is 8.84. The maximum absolute atomic E-state index is 13.4. The van der Waals surface area contributed by atoms with Crippen molar-refractivity contribution in [2.45, 2.75) is 5.22 Å². The molecule has 3 amide bonds. The monoisotopic (exact) mass is 378 g/mol. The molecule has 0 bridgehead atoms. The minimum absolute atomic E-state index is 0.0158. The number of thioether (sulfide) groups is 1. The van der Waals surface area contributed by atoms with Gasteiger partial charge in [-0.3, -0.25) is 10.1 Å². The first-order valence-electron chi connectivity index (χ1n) is 6.97. The van der Waals surface area contributed by atoms with Crippen molar-refractivity contribution in [3.8, 4) is 10.8 Å². The molecule has 25 heavy (non-hydrogen) atoms. The van der Waals surface area contributed by atoms with E-state index in [0.29, 0.717) is 5.89 Å². The first-order chi connectivity index (χ1) is 12.1. The van der Waals surface area contributed by atoms with Gasteiger partial charge < -0.3 is 9.73 Å². The normalized spacial score (nSPS) is 10.4. The van der Waals surface area contributed by atoms with Crippen LogP contribution in [0.5, 0.6) is 0 Å². The Morgan fingerprint density at radius 3 is 2.80 bits per heavy atom. The van der Waals surface area contributed by atoms with Crippen LogP contribution in [-0.4, -0.2) is 27.9 Å². The summed E-state index contributed by atoms with van der Waals surface area (Å²) in [6.45, 7) is 0. The molecule has 2 aromatic heterocycles. The summed E-state index contributed by atoms with van der Waals surface area (Å²) in [5.41, 5.74) is -0.0158. The molecule has 7 nitrogen and oxygen atoms in total. The number of para-hydroxylation sites is 1. The zero-order chi connectivity index (χ0) is 17.6. The molecule has 0 fully saturated rings. The lowest BCUT2D eigenvalue weighted by molar-refractivity contribution is -0.117. The van der Waals surface area contributed by atoms with Crippen LogP contribution in [0.3, 0.4) is 0 Å². The molecular formula is C15H11FN4O3S2. The van der Waals surface area contributed by atoms with Gasteiger partial charge in [0.25, 0.3) is 11.1 Å². The number of halogens is 1. The van der Waals surface area contributed by atoms with Gasteiger partial charge in [0, 0.05) is 0 Å². The minimum Gasteiger partial charge on any atom is -0.410 e. The number of benzene rings is 1. The third-order valence-electron chi connectivity index (χ3n) is 2.84. The largest absolute Gasteiger partial charge is 0.410 e. The average molecular weight is 378 g/mol. The maximum Gasteiger partial charge on any atom is 0.325 e. The van der Waals surface area contributed by atoms with Crippen molar-refractivity contribution in [1.29, 1.82) is 0 Å². The van der Waals surface area contributed by atoms with Crippen LogP contribution in [0.15, 0.2) is 51.4 Å². The third-order valence-corrected chi connectivity index (χ3v) is 4.52. The number of thiophene rings is 1. The summed E-state index contributed by atoms with van der Waals surface area (Å²) in [7, 11) is 0. The summed E-state index contributed by atoms with van der Waals surface area (Å²) in [4.78, 5) is 24.3. The molecule has 128 valence electrons. The van der Waals surface area contributed by atoms with Gasteiger partial charge in [0.2, 0.25) is 5.91 Å². The highest BCUT2D eigenvalue weighted by molar-refractivity contribution is 7.99. The van der Waals surface area contributed by atoms with Gasteiger partial charge in [-0.15, -0.1) is 21.5 Å². The highest BCUT2D eigenvalue weighted by Crippen LogP contribution is 2.26. The Hall–Kier alpha value is -2.72. The summed E-state index contributed by atoms with van der Waals surface area (Å²) >= 11 is 2.45. The van der Waals surface area contributed by atoms with Crippen LogP contribution in [-0.2, 0) is 4.79 Å². The van der Waals surface area contributed by atoms with Gasteiger partial charge in [0.15, 0.2) is 0 Å². The van der Waals surface area contributed by atoms with E-state index in [-0.39, 0.29) is 16.7 Å². The molecule has 2 heterocycles. The topological polar surface area (TPSA) is 97.1 Å². The number of anilines is 1. The molecule has 10 heteroatoms. The number of amides is 3. The Bertz CT molecular complexity index is 883. The van der Waals surface area contributed by atoms with E-state index in [1.165, 1.54) is 29.5 Å². The van der Waals surface area contributed by atoms with E-state index in [0.717, 1.165) is 16.6 Å². The standard InChI is InChI=1S/C15H11FN4O3S2/c16-9-4-1-2-5-10(9)17-14(22)18-12(21)8-25-15-20-19-13(23-15)11-6-3-7-24-11/h1-7H,8H2,(H2,17,18,21,22). The second kappa shape index (κ2) is 7.90. The SMILES string of the molecule is O=C(CSc1nnc(-c2cccs2)o1)NC(=O)Nc1ccccc1F. The Balaban J connectivity index is 1.48. The molecule has 0 radical (unpaired) electrons. The molecule has 0 aliphatic rings. The summed E-state index contributed by atoms with van der Waals surface area (Å²) < 4.78 is 18.8. The first kappa shape index (κ1) is 17.1. The molecule has 0 spiro atoms. The Morgan fingerprint density at radius 2 is 2.04 bits per heavy atom. The second-order valence-corrected chi connectivity index (χ2v) is 6.50. The molecule has 0 saturated carbocycles. The average Bonchev–Trinajstić information content (AvgIpc) is 3.26. The number of aromatic nitrogens is 2. The second-order valence-electron chi connectivity index (χ2n) is 4.62. The lowest BCUT2D eigenvalue weighted by Gasteiger charge is -2.06. The van der Waals surface area contributed by atoms with Crippen LogP contribution in [0.1, 0.15) is 0 Å². The smallest absolute Gasteiger partial charge is 0.325 e. The Labute approximate surface area is 149 Å². The molecule has 0 aliphatic heterocycles. The van der Waals surface area contributed by atoms with Crippen molar-refractivity contribution in [2.24, 2.45) is 0 Å². The van der Waals surface area contributed by atoms with E-state index < -0.39 is 17.8 Å². The molecule has 0 atom stereocenters. The fourth-order valence-corrected chi connectivity index (χ4v) is 2.98. The van der Waals surface area contributed by atoms with Crippen LogP contribution in [0.4, 0.5) is 14.9 Å². The summed E-state index contributed by atoms with van der Waals surface area (Å²) in [5.74, 6) is -0.895. The van der Waals surface area contributed by atoms with Crippen molar-refractivity contribution in [1.82, 2.24) is 15.5 Å². The molecule has 0 unspecified atom stereocenters. The molecule has 0 saturated heterocycles. The van der Waals surface area contributed by atoms with E-state index in [9.17, 15) is 14.0 Å². The van der Waals surface area contributed by atoms with Gasteiger partial charge in [0.1, 0.15) is 5.82 Å². The van der Waals surface area contributed by atoms with Gasteiger partial charge in [-0.25, -0.2) is 9.18 Å².